The van der Waals surface area contributed by atoms with E-state index in [1.54, 1.807) is 0 Å². The van der Waals surface area contributed by atoms with E-state index in [9.17, 15) is 0 Å². The summed E-state index contributed by atoms with van der Waals surface area (Å²) in [6.07, 6.45) is 3.08. The van der Waals surface area contributed by atoms with E-state index in [-0.39, 0.29) is 11.6 Å². The zero-order valence-corrected chi connectivity index (χ0v) is 13.5. The molecule has 1 aromatic rings. The molecule has 2 nitrogen and oxygen atoms in total. The molecule has 0 aliphatic heterocycles. The molecule has 0 heterocycles. The van der Waals surface area contributed by atoms with Crippen molar-refractivity contribution in [2.45, 2.75) is 44.7 Å². The predicted octanol–water partition coefficient (Wildman–Crippen LogP) is 3.44. The van der Waals surface area contributed by atoms with Crippen molar-refractivity contribution < 1.29 is 0 Å². The minimum absolute atomic E-state index is 0.0904. The molecule has 1 atom stereocenters. The van der Waals surface area contributed by atoms with Crippen molar-refractivity contribution in [2.24, 2.45) is 5.73 Å². The second kappa shape index (κ2) is 6.69. The van der Waals surface area contributed by atoms with Gasteiger partial charge in [-0.3, -0.25) is 0 Å². The third-order valence-corrected chi connectivity index (χ3v) is 4.70. The topological polar surface area (TPSA) is 29.3 Å². The fourth-order valence-corrected chi connectivity index (χ4v) is 3.07. The number of nitrogens with zero attached hydrogens (tertiary/aromatic N) is 1. The molecule has 0 saturated heterocycles. The minimum Gasteiger partial charge on any atom is -0.326 e. The van der Waals surface area contributed by atoms with E-state index in [4.69, 9.17) is 5.73 Å². The highest BCUT2D eigenvalue weighted by Gasteiger charge is 2.35. The van der Waals surface area contributed by atoms with Crippen LogP contribution in [0.5, 0.6) is 0 Å². The van der Waals surface area contributed by atoms with E-state index < -0.39 is 0 Å². The molecule has 1 rings (SSSR count). The van der Waals surface area contributed by atoms with Gasteiger partial charge in [-0.05, 0) is 51.1 Å². The van der Waals surface area contributed by atoms with E-state index in [2.05, 4.69) is 73.0 Å². The van der Waals surface area contributed by atoms with Crippen molar-refractivity contribution in [1.82, 2.24) is 4.90 Å². The van der Waals surface area contributed by atoms with Crippen LogP contribution in [0.25, 0.3) is 0 Å². The van der Waals surface area contributed by atoms with Crippen molar-refractivity contribution in [2.75, 3.05) is 14.1 Å². The summed E-state index contributed by atoms with van der Waals surface area (Å²) in [6.45, 7) is 4.45. The van der Waals surface area contributed by atoms with Gasteiger partial charge in [0, 0.05) is 16.1 Å². The fourth-order valence-electron chi connectivity index (χ4n) is 2.80. The number of nitrogens with two attached hydrogens (primary N) is 1. The molecule has 0 spiro atoms. The molecule has 3 heteroatoms. The molecule has 0 aliphatic rings. The second-order valence-electron chi connectivity index (χ2n) is 5.14. The lowest BCUT2D eigenvalue weighted by Gasteiger charge is -2.43. The van der Waals surface area contributed by atoms with Crippen LogP contribution in [0, 0.1) is 0 Å². The van der Waals surface area contributed by atoms with Crippen molar-refractivity contribution >= 4 is 15.9 Å². The third kappa shape index (κ3) is 3.34. The number of benzene rings is 1. The van der Waals surface area contributed by atoms with Crippen LogP contribution in [0.4, 0.5) is 0 Å². The highest BCUT2D eigenvalue weighted by molar-refractivity contribution is 9.10. The molecule has 1 aromatic carbocycles. The first kappa shape index (κ1) is 15.7. The van der Waals surface area contributed by atoms with E-state index in [0.29, 0.717) is 0 Å². The number of rotatable bonds is 6. The Bertz CT molecular complexity index is 355. The highest BCUT2D eigenvalue weighted by Crippen LogP contribution is 2.27. The van der Waals surface area contributed by atoms with Gasteiger partial charge in [-0.25, -0.2) is 0 Å². The van der Waals surface area contributed by atoms with E-state index in [0.717, 1.165) is 23.7 Å². The Hall–Kier alpha value is -0.380. The predicted molar refractivity (Wildman–Crippen MR) is 82.8 cm³/mol. The monoisotopic (exact) mass is 312 g/mol. The maximum atomic E-state index is 6.49. The Kier molecular flexibility index (Phi) is 5.83. The van der Waals surface area contributed by atoms with Crippen LogP contribution in [-0.4, -0.2) is 30.6 Å². The van der Waals surface area contributed by atoms with Gasteiger partial charge in [0.15, 0.2) is 0 Å². The lowest BCUT2D eigenvalue weighted by Crippen LogP contribution is -2.57. The summed E-state index contributed by atoms with van der Waals surface area (Å²) in [5.74, 6) is 0. The first-order chi connectivity index (χ1) is 8.46. The number of hydrogen-bond donors (Lipinski definition) is 1. The van der Waals surface area contributed by atoms with Gasteiger partial charge < -0.3 is 10.6 Å². The van der Waals surface area contributed by atoms with Gasteiger partial charge in [0.05, 0.1) is 0 Å². The Balaban J connectivity index is 2.85. The van der Waals surface area contributed by atoms with Gasteiger partial charge in [0.25, 0.3) is 0 Å². The summed E-state index contributed by atoms with van der Waals surface area (Å²) in [7, 11) is 4.27. The Morgan fingerprint density at radius 2 is 1.67 bits per heavy atom. The van der Waals surface area contributed by atoms with Crippen LogP contribution < -0.4 is 5.73 Å². The van der Waals surface area contributed by atoms with Gasteiger partial charge in [-0.2, -0.15) is 0 Å². The maximum Gasteiger partial charge on any atom is 0.0352 e. The Morgan fingerprint density at radius 3 is 2.06 bits per heavy atom. The molecule has 1 unspecified atom stereocenters. The van der Waals surface area contributed by atoms with Crippen LogP contribution in [-0.2, 0) is 6.42 Å². The fraction of sp³-hybridized carbons (Fsp3) is 0.600. The number of hydrogen-bond acceptors (Lipinski definition) is 2. The summed E-state index contributed by atoms with van der Waals surface area (Å²) >= 11 is 3.46. The normalized spacial score (nSPS) is 13.9. The number of likely N-dealkylation sites (N-methyl/N-ethyl adjacent to an activating group) is 1. The molecule has 102 valence electrons. The Morgan fingerprint density at radius 1 is 1.17 bits per heavy atom. The molecule has 2 N–H and O–H groups in total. The van der Waals surface area contributed by atoms with Gasteiger partial charge in [-0.15, -0.1) is 0 Å². The van der Waals surface area contributed by atoms with Crippen LogP contribution in [0.1, 0.15) is 32.3 Å². The minimum atomic E-state index is 0.0904. The molecular formula is C15H25BrN2. The molecule has 0 aliphatic carbocycles. The molecule has 18 heavy (non-hydrogen) atoms. The summed E-state index contributed by atoms with van der Waals surface area (Å²) in [5, 5.41) is 0. The third-order valence-electron chi connectivity index (χ3n) is 4.17. The van der Waals surface area contributed by atoms with Crippen molar-refractivity contribution in [1.29, 1.82) is 0 Å². The smallest absolute Gasteiger partial charge is 0.0352 e. The average Bonchev–Trinajstić information content (AvgIpc) is 2.34. The quantitative estimate of drug-likeness (QED) is 0.872. The van der Waals surface area contributed by atoms with Gasteiger partial charge >= 0.3 is 0 Å². The first-order valence-corrected chi connectivity index (χ1v) is 7.43. The zero-order chi connectivity index (χ0) is 13.8. The van der Waals surface area contributed by atoms with Crippen molar-refractivity contribution in [3.63, 3.8) is 0 Å². The van der Waals surface area contributed by atoms with Crippen molar-refractivity contribution in [3.05, 3.63) is 34.3 Å². The average molecular weight is 313 g/mol. The molecule has 0 amide bonds. The molecular weight excluding hydrogens is 288 g/mol. The summed E-state index contributed by atoms with van der Waals surface area (Å²) < 4.78 is 1.12. The van der Waals surface area contributed by atoms with E-state index >= 15 is 0 Å². The molecule has 0 fully saturated rings. The Labute approximate surface area is 120 Å². The lowest BCUT2D eigenvalue weighted by molar-refractivity contribution is 0.105. The van der Waals surface area contributed by atoms with Gasteiger partial charge in [0.2, 0.25) is 0 Å². The molecule has 0 saturated carbocycles. The SMILES string of the molecule is CCC(CC)(C(N)Cc1ccc(Br)cc1)N(C)C. The summed E-state index contributed by atoms with van der Waals surface area (Å²) in [6, 6.07) is 8.61. The largest absolute Gasteiger partial charge is 0.326 e. The summed E-state index contributed by atoms with van der Waals surface area (Å²) in [4.78, 5) is 2.29. The second-order valence-corrected chi connectivity index (χ2v) is 6.06. The standard InChI is InChI=1S/C15H25BrN2/c1-5-15(6-2,18(3)4)14(17)11-12-7-9-13(16)10-8-12/h7-10,14H,5-6,11,17H2,1-4H3. The van der Waals surface area contributed by atoms with Gasteiger partial charge in [-0.1, -0.05) is 41.9 Å². The van der Waals surface area contributed by atoms with Gasteiger partial charge in [0.1, 0.15) is 0 Å². The van der Waals surface area contributed by atoms with Crippen molar-refractivity contribution in [3.8, 4) is 0 Å². The maximum absolute atomic E-state index is 6.49. The highest BCUT2D eigenvalue weighted by atomic mass is 79.9. The first-order valence-electron chi connectivity index (χ1n) is 6.63. The molecule has 0 radical (unpaired) electrons. The van der Waals surface area contributed by atoms with Crippen LogP contribution in [0.15, 0.2) is 28.7 Å². The van der Waals surface area contributed by atoms with E-state index in [1.807, 2.05) is 0 Å². The molecule has 0 aromatic heterocycles. The summed E-state index contributed by atoms with van der Waals surface area (Å²) in [5.41, 5.74) is 7.89. The zero-order valence-electron chi connectivity index (χ0n) is 11.9. The van der Waals surface area contributed by atoms with Crippen LogP contribution in [0.2, 0.25) is 0 Å². The van der Waals surface area contributed by atoms with Crippen LogP contribution in [0.3, 0.4) is 0 Å². The van der Waals surface area contributed by atoms with E-state index in [1.165, 1.54) is 5.56 Å². The van der Waals surface area contributed by atoms with Crippen LogP contribution >= 0.6 is 15.9 Å². The lowest BCUT2D eigenvalue weighted by atomic mass is 9.81. The molecule has 0 bridgehead atoms. The number of halogens is 1.